The number of H-pyrrole nitrogens is 2. The van der Waals surface area contributed by atoms with Crippen molar-refractivity contribution in [2.75, 3.05) is 20.1 Å². The molecule has 64 heavy (non-hydrogen) atoms. The van der Waals surface area contributed by atoms with Gasteiger partial charge in [0.05, 0.1) is 12.9 Å². The molecule has 4 rings (SSSR count). The summed E-state index contributed by atoms with van der Waals surface area (Å²) in [6.07, 6.45) is 0.856. The highest BCUT2D eigenvalue weighted by Crippen LogP contribution is 2.20. The zero-order valence-corrected chi connectivity index (χ0v) is 35.1. The minimum absolute atomic E-state index is 0.0417. The Bertz CT molecular complexity index is 2210. The summed E-state index contributed by atoms with van der Waals surface area (Å²) < 4.78 is 31.7. The number of carbonyl (C=O) groups excluding carboxylic acids is 6. The first-order valence-corrected chi connectivity index (χ1v) is 19.9. The molecule has 20 nitrogen and oxygen atoms in total. The van der Waals surface area contributed by atoms with Gasteiger partial charge in [-0.05, 0) is 36.5 Å². The number of benzene rings is 2. The van der Waals surface area contributed by atoms with E-state index >= 15 is 0 Å². The number of primary amides is 1. The lowest BCUT2D eigenvalue weighted by molar-refractivity contribution is -0.192. The number of likely N-dealkylation sites (N-methyl/N-ethyl adjacent to an activating group) is 1. The van der Waals surface area contributed by atoms with Crippen LogP contribution in [-0.2, 0) is 52.8 Å². The second-order valence-corrected chi connectivity index (χ2v) is 14.5. The number of nitrogens with one attached hydrogen (secondary N) is 6. The fourth-order valence-corrected chi connectivity index (χ4v) is 6.27. The number of amides is 6. The van der Waals surface area contributed by atoms with Gasteiger partial charge >= 0.3 is 12.1 Å². The average Bonchev–Trinajstić information content (AvgIpc) is 3.91. The molecule has 0 aliphatic rings. The molecule has 2 heterocycles. The fourth-order valence-electron chi connectivity index (χ4n) is 6.27. The van der Waals surface area contributed by atoms with Crippen molar-refractivity contribution in [1.29, 1.82) is 0 Å². The van der Waals surface area contributed by atoms with Crippen LogP contribution in [0.5, 0.6) is 0 Å². The Hall–Kier alpha value is -7.46. The van der Waals surface area contributed by atoms with Crippen LogP contribution in [0, 0.1) is 0 Å². The third kappa shape index (κ3) is 17.1. The lowest BCUT2D eigenvalue weighted by Crippen LogP contribution is -2.59. The van der Waals surface area contributed by atoms with Crippen LogP contribution in [-0.4, -0.2) is 123 Å². The molecule has 346 valence electrons. The Labute approximate surface area is 365 Å². The molecule has 4 aromatic rings. The van der Waals surface area contributed by atoms with Crippen LogP contribution < -0.4 is 38.5 Å². The van der Waals surface area contributed by atoms with E-state index < -0.39 is 65.8 Å². The number of para-hydroxylation sites is 1. The molecule has 0 saturated carbocycles. The molecule has 0 aliphatic carbocycles. The summed E-state index contributed by atoms with van der Waals surface area (Å²) in [5, 5.41) is 19.1. The predicted octanol–water partition coefficient (Wildman–Crippen LogP) is 0.289. The van der Waals surface area contributed by atoms with E-state index in [1.165, 1.54) is 19.6 Å². The number of halogens is 3. The number of hydrogen-bond acceptors (Lipinski definition) is 9. The Kier molecular flexibility index (Phi) is 19.8. The Morgan fingerprint density at radius 3 is 2.00 bits per heavy atom. The van der Waals surface area contributed by atoms with Gasteiger partial charge in [-0.1, -0.05) is 55.5 Å². The number of imidazole rings is 1. The van der Waals surface area contributed by atoms with E-state index in [2.05, 4.69) is 41.2 Å². The highest BCUT2D eigenvalue weighted by molar-refractivity contribution is 5.96. The summed E-state index contributed by atoms with van der Waals surface area (Å²) in [4.78, 5) is 105. The fraction of sp³-hybridized carbons (Fsp3) is 0.390. The topological polar surface area (TPSA) is 326 Å². The van der Waals surface area contributed by atoms with E-state index in [9.17, 15) is 41.9 Å². The average molecular weight is 899 g/mol. The molecule has 0 spiro atoms. The van der Waals surface area contributed by atoms with Gasteiger partial charge in [-0.25, -0.2) is 9.78 Å². The summed E-state index contributed by atoms with van der Waals surface area (Å²) in [5.41, 5.74) is 19.3. The van der Waals surface area contributed by atoms with Crippen molar-refractivity contribution in [2.24, 2.45) is 22.2 Å². The van der Waals surface area contributed by atoms with E-state index in [0.717, 1.165) is 21.4 Å². The Morgan fingerprint density at radius 2 is 1.41 bits per heavy atom. The maximum Gasteiger partial charge on any atom is 0.490 e. The van der Waals surface area contributed by atoms with Crippen molar-refractivity contribution < 1.29 is 51.8 Å². The van der Waals surface area contributed by atoms with Gasteiger partial charge in [0.15, 0.2) is 5.96 Å². The first-order chi connectivity index (χ1) is 30.3. The van der Waals surface area contributed by atoms with Gasteiger partial charge < -0.3 is 58.4 Å². The monoisotopic (exact) mass is 898 g/mol. The summed E-state index contributed by atoms with van der Waals surface area (Å²) in [7, 11) is 1.40. The molecule has 23 heteroatoms. The zero-order chi connectivity index (χ0) is 47.4. The molecule has 0 bridgehead atoms. The van der Waals surface area contributed by atoms with Gasteiger partial charge in [0.2, 0.25) is 35.4 Å². The maximum atomic E-state index is 14.2. The minimum atomic E-state index is -5.08. The smallest absolute Gasteiger partial charge is 0.475 e. The number of aliphatic carboxylic acids is 1. The largest absolute Gasteiger partial charge is 0.490 e. The highest BCUT2D eigenvalue weighted by atomic mass is 19.4. The van der Waals surface area contributed by atoms with Crippen molar-refractivity contribution in [2.45, 2.75) is 82.2 Å². The normalized spacial score (nSPS) is 12.8. The number of rotatable bonds is 22. The number of nitrogens with two attached hydrogens (primary N) is 3. The van der Waals surface area contributed by atoms with Crippen LogP contribution >= 0.6 is 0 Å². The van der Waals surface area contributed by atoms with Crippen LogP contribution in [0.1, 0.15) is 49.4 Å². The summed E-state index contributed by atoms with van der Waals surface area (Å²) in [5.74, 6) is -6.59. The van der Waals surface area contributed by atoms with Crippen LogP contribution in [0.2, 0.25) is 0 Å². The van der Waals surface area contributed by atoms with Crippen molar-refractivity contribution in [3.8, 4) is 0 Å². The molecule has 13 N–H and O–H groups in total. The molecule has 0 aliphatic heterocycles. The molecule has 2 aromatic carbocycles. The van der Waals surface area contributed by atoms with Crippen molar-refractivity contribution in [3.05, 3.63) is 90.1 Å². The molecule has 6 amide bonds. The number of carboxylic acids is 1. The van der Waals surface area contributed by atoms with Crippen LogP contribution in [0.3, 0.4) is 0 Å². The summed E-state index contributed by atoms with van der Waals surface area (Å²) in [6, 6.07) is 11.8. The number of nitrogens with zero attached hydrogens (tertiary/aromatic N) is 3. The number of aromatic nitrogens is 3. The zero-order valence-electron chi connectivity index (χ0n) is 35.1. The van der Waals surface area contributed by atoms with E-state index in [-0.39, 0.29) is 63.5 Å². The number of hydrogen-bond donors (Lipinski definition) is 10. The first kappa shape index (κ1) is 50.9. The lowest BCUT2D eigenvalue weighted by atomic mass is 10.0. The number of carboxylic acid groups (broad SMARTS) is 1. The van der Waals surface area contributed by atoms with Crippen LogP contribution in [0.15, 0.2) is 78.3 Å². The number of aromatic amines is 2. The number of guanidine groups is 1. The number of alkyl halides is 3. The van der Waals surface area contributed by atoms with Gasteiger partial charge in [0, 0.05) is 68.3 Å². The number of aliphatic imine (C=N–C) groups is 1. The molecule has 0 fully saturated rings. The second kappa shape index (κ2) is 24.8. The lowest BCUT2D eigenvalue weighted by Gasteiger charge is -2.28. The van der Waals surface area contributed by atoms with E-state index in [1.54, 1.807) is 30.5 Å². The van der Waals surface area contributed by atoms with Gasteiger partial charge in [-0.15, -0.1) is 0 Å². The summed E-state index contributed by atoms with van der Waals surface area (Å²) in [6.45, 7) is 1.59. The second-order valence-electron chi connectivity index (χ2n) is 14.5. The standard InChI is InChI=1S/C39H52N12O6.C2HF3O2/c1-3-10-34(53)47-31(19-26-21-43-23-46-26)37(56)49-30(17-24-11-5-4-6-12-24)36(55)48-29(15-9-16-44-39(41)42)35(54)50-32(38(57)51(2)22-33(40)52)18-25-20-45-28-14-8-7-13-27(25)28;3-2(4,5)1(6)7/h4-8,11-14,20-21,23,29-32,45H,3,9-10,15-19,22H2,1-2H3,(H2,40,52)(H,43,46)(H,47,53)(H,48,55)(H,49,56)(H,50,54)(H4,41,42,44);(H,6,7). The number of carbonyl (C=O) groups is 7. The quantitative estimate of drug-likeness (QED) is 0.0290. The van der Waals surface area contributed by atoms with Gasteiger partial charge in [0.25, 0.3) is 0 Å². The summed E-state index contributed by atoms with van der Waals surface area (Å²) >= 11 is 0. The van der Waals surface area contributed by atoms with Gasteiger partial charge in [0.1, 0.15) is 24.2 Å². The third-order valence-electron chi connectivity index (χ3n) is 9.33. The number of fused-ring (bicyclic) bond motifs is 1. The molecule has 2 aromatic heterocycles. The molecule has 4 unspecified atom stereocenters. The Balaban J connectivity index is 0.00000143. The Morgan fingerprint density at radius 1 is 0.812 bits per heavy atom. The van der Waals surface area contributed by atoms with Crippen molar-refractivity contribution >= 4 is 58.3 Å². The van der Waals surface area contributed by atoms with E-state index in [1.807, 2.05) is 37.3 Å². The van der Waals surface area contributed by atoms with E-state index in [0.29, 0.717) is 17.7 Å². The molecular formula is C41H53F3N12O8. The SMILES string of the molecule is CCCC(=O)NC(Cc1cnc[nH]1)C(=O)NC(Cc1ccccc1)C(=O)NC(CCCN=C(N)N)C(=O)NC(Cc1c[nH]c2ccccc12)C(=O)N(C)CC(N)=O.O=C(O)C(F)(F)F. The predicted molar refractivity (Wildman–Crippen MR) is 228 cm³/mol. The molecule has 4 atom stereocenters. The first-order valence-electron chi connectivity index (χ1n) is 19.9. The van der Waals surface area contributed by atoms with Crippen molar-refractivity contribution in [1.82, 2.24) is 41.1 Å². The van der Waals surface area contributed by atoms with Crippen molar-refractivity contribution in [3.63, 3.8) is 0 Å². The highest BCUT2D eigenvalue weighted by Gasteiger charge is 2.38. The van der Waals surface area contributed by atoms with Crippen LogP contribution in [0.4, 0.5) is 13.2 Å². The molecule has 0 saturated heterocycles. The van der Waals surface area contributed by atoms with Gasteiger partial charge in [-0.2, -0.15) is 13.2 Å². The van der Waals surface area contributed by atoms with Crippen LogP contribution in [0.25, 0.3) is 10.9 Å². The molecular weight excluding hydrogens is 846 g/mol. The third-order valence-corrected chi connectivity index (χ3v) is 9.33. The molecule has 0 radical (unpaired) electrons. The van der Waals surface area contributed by atoms with E-state index in [4.69, 9.17) is 27.1 Å². The van der Waals surface area contributed by atoms with Gasteiger partial charge in [-0.3, -0.25) is 33.8 Å². The minimum Gasteiger partial charge on any atom is -0.475 e. The maximum absolute atomic E-state index is 14.2.